The summed E-state index contributed by atoms with van der Waals surface area (Å²) in [5.41, 5.74) is -0.0930. The zero-order valence-electron chi connectivity index (χ0n) is 12.2. The molecular weight excluding hydrogens is 254 g/mol. The molecule has 1 saturated carbocycles. The molecule has 4 heteroatoms. The van der Waals surface area contributed by atoms with Crippen LogP contribution in [0.3, 0.4) is 0 Å². The predicted molar refractivity (Wildman–Crippen MR) is 76.3 cm³/mol. The van der Waals surface area contributed by atoms with Gasteiger partial charge in [-0.1, -0.05) is 30.3 Å². The maximum Gasteiger partial charge on any atom is 0.408 e. The van der Waals surface area contributed by atoms with Crippen LogP contribution in [0, 0.1) is 5.41 Å². The number of carbonyl (C=O) groups excluding carboxylic acids is 2. The first-order chi connectivity index (χ1) is 9.36. The number of ether oxygens (including phenoxy) is 1. The van der Waals surface area contributed by atoms with E-state index in [1.165, 1.54) is 0 Å². The molecule has 1 fully saturated rings. The van der Waals surface area contributed by atoms with E-state index in [-0.39, 0.29) is 6.04 Å². The smallest absolute Gasteiger partial charge is 0.408 e. The third-order valence-corrected chi connectivity index (χ3v) is 3.43. The highest BCUT2D eigenvalue weighted by Crippen LogP contribution is 2.53. The van der Waals surface area contributed by atoms with Crippen LogP contribution in [0.4, 0.5) is 4.79 Å². The lowest BCUT2D eigenvalue weighted by atomic mass is 9.91. The first-order valence-corrected chi connectivity index (χ1v) is 6.87. The molecule has 0 radical (unpaired) electrons. The van der Waals surface area contributed by atoms with Crippen molar-refractivity contribution < 1.29 is 14.3 Å². The average molecular weight is 275 g/mol. The van der Waals surface area contributed by atoms with Crippen LogP contribution in [0.15, 0.2) is 30.3 Å². The Morgan fingerprint density at radius 2 is 1.90 bits per heavy atom. The van der Waals surface area contributed by atoms with Crippen LogP contribution in [0.5, 0.6) is 0 Å². The molecule has 1 aromatic carbocycles. The number of hydrogen-bond acceptors (Lipinski definition) is 3. The zero-order valence-corrected chi connectivity index (χ0v) is 12.2. The van der Waals surface area contributed by atoms with Gasteiger partial charge in [0.15, 0.2) is 0 Å². The van der Waals surface area contributed by atoms with Gasteiger partial charge in [-0.15, -0.1) is 0 Å². The number of alkyl carbamates (subject to hydrolysis) is 1. The van der Waals surface area contributed by atoms with Gasteiger partial charge in [0.1, 0.15) is 11.9 Å². The molecule has 4 nitrogen and oxygen atoms in total. The predicted octanol–water partition coefficient (Wildman–Crippen LogP) is 3.23. The number of nitrogens with one attached hydrogen (secondary N) is 1. The molecule has 0 bridgehead atoms. The van der Waals surface area contributed by atoms with Crippen LogP contribution in [0.2, 0.25) is 0 Å². The lowest BCUT2D eigenvalue weighted by Gasteiger charge is -2.27. The number of aldehydes is 1. The van der Waals surface area contributed by atoms with Gasteiger partial charge in [-0.05, 0) is 39.2 Å². The number of rotatable bonds is 4. The lowest BCUT2D eigenvalue weighted by Crippen LogP contribution is -2.39. The molecule has 0 spiro atoms. The molecule has 108 valence electrons. The average Bonchev–Trinajstić information content (AvgIpc) is 3.16. The lowest BCUT2D eigenvalue weighted by molar-refractivity contribution is -0.113. The molecule has 0 aromatic heterocycles. The molecule has 20 heavy (non-hydrogen) atoms. The van der Waals surface area contributed by atoms with Gasteiger partial charge in [0.05, 0.1) is 11.5 Å². The van der Waals surface area contributed by atoms with Crippen molar-refractivity contribution in [1.82, 2.24) is 5.32 Å². The van der Waals surface area contributed by atoms with Crippen molar-refractivity contribution in [2.75, 3.05) is 0 Å². The van der Waals surface area contributed by atoms with Crippen LogP contribution in [0.1, 0.15) is 45.2 Å². The first kappa shape index (κ1) is 14.6. The second-order valence-corrected chi connectivity index (χ2v) is 6.34. The minimum atomic E-state index is -0.552. The third kappa shape index (κ3) is 3.38. The van der Waals surface area contributed by atoms with Crippen molar-refractivity contribution in [2.45, 2.75) is 45.3 Å². The Morgan fingerprint density at radius 1 is 1.30 bits per heavy atom. The summed E-state index contributed by atoms with van der Waals surface area (Å²) in [4.78, 5) is 23.4. The highest BCUT2D eigenvalue weighted by Gasteiger charge is 2.51. The first-order valence-electron chi connectivity index (χ1n) is 6.87. The van der Waals surface area contributed by atoms with Gasteiger partial charge in [0, 0.05) is 0 Å². The Kier molecular flexibility index (Phi) is 3.84. The summed E-state index contributed by atoms with van der Waals surface area (Å²) in [5.74, 6) is 0. The van der Waals surface area contributed by atoms with Crippen molar-refractivity contribution in [3.8, 4) is 0 Å². The maximum absolute atomic E-state index is 12.0. The van der Waals surface area contributed by atoms with E-state index in [2.05, 4.69) is 5.32 Å². The Hall–Kier alpha value is -1.84. The zero-order chi connectivity index (χ0) is 14.8. The van der Waals surface area contributed by atoms with E-state index >= 15 is 0 Å². The molecule has 1 N–H and O–H groups in total. The standard InChI is InChI=1S/C16H21NO3/c1-15(2,3)20-14(19)17-13(16(11-18)9-10-16)12-7-5-4-6-8-12/h4-8,11,13H,9-10H2,1-3H3,(H,17,19). The molecule has 0 saturated heterocycles. The van der Waals surface area contributed by atoms with Crippen LogP contribution in [-0.4, -0.2) is 18.0 Å². The summed E-state index contributed by atoms with van der Waals surface area (Å²) >= 11 is 0. The summed E-state index contributed by atoms with van der Waals surface area (Å²) in [6, 6.07) is 9.24. The van der Waals surface area contributed by atoms with Crippen molar-refractivity contribution in [3.05, 3.63) is 35.9 Å². The molecule has 0 aliphatic heterocycles. The van der Waals surface area contributed by atoms with Crippen molar-refractivity contribution >= 4 is 12.4 Å². The quantitative estimate of drug-likeness (QED) is 0.858. The van der Waals surface area contributed by atoms with E-state index in [1.807, 2.05) is 51.1 Å². The van der Waals surface area contributed by atoms with Gasteiger partial charge in [-0.3, -0.25) is 0 Å². The minimum absolute atomic E-state index is 0.323. The van der Waals surface area contributed by atoms with Crippen LogP contribution in [0.25, 0.3) is 0 Å². The topological polar surface area (TPSA) is 55.4 Å². The SMILES string of the molecule is CC(C)(C)OC(=O)NC(c1ccccc1)C1(C=O)CC1. The molecule has 1 aliphatic carbocycles. The molecule has 1 amide bonds. The van der Waals surface area contributed by atoms with E-state index in [0.717, 1.165) is 24.7 Å². The number of hydrogen-bond donors (Lipinski definition) is 1. The van der Waals surface area contributed by atoms with E-state index < -0.39 is 17.1 Å². The van der Waals surface area contributed by atoms with Crippen LogP contribution >= 0.6 is 0 Å². The second-order valence-electron chi connectivity index (χ2n) is 6.34. The van der Waals surface area contributed by atoms with Gasteiger partial charge < -0.3 is 14.8 Å². The summed E-state index contributed by atoms with van der Waals surface area (Å²) < 4.78 is 5.29. The summed E-state index contributed by atoms with van der Waals surface area (Å²) in [6.07, 6.45) is 2.07. The molecule has 1 unspecified atom stereocenters. The van der Waals surface area contributed by atoms with Gasteiger partial charge in [0.25, 0.3) is 0 Å². The van der Waals surface area contributed by atoms with Gasteiger partial charge >= 0.3 is 6.09 Å². The highest BCUT2D eigenvalue weighted by atomic mass is 16.6. The molecular formula is C16H21NO3. The largest absolute Gasteiger partial charge is 0.444 e. The third-order valence-electron chi connectivity index (χ3n) is 3.43. The summed E-state index contributed by atoms with van der Waals surface area (Å²) in [7, 11) is 0. The molecule has 2 rings (SSSR count). The molecule has 1 aromatic rings. The van der Waals surface area contributed by atoms with Crippen molar-refractivity contribution in [1.29, 1.82) is 0 Å². The van der Waals surface area contributed by atoms with E-state index in [9.17, 15) is 9.59 Å². The Labute approximate surface area is 119 Å². The van der Waals surface area contributed by atoms with Crippen LogP contribution in [-0.2, 0) is 9.53 Å². The maximum atomic E-state index is 12.0. The number of benzene rings is 1. The summed E-state index contributed by atoms with van der Waals surface area (Å²) in [6.45, 7) is 5.45. The normalized spacial score (nSPS) is 17.9. The Morgan fingerprint density at radius 3 is 2.35 bits per heavy atom. The summed E-state index contributed by atoms with van der Waals surface area (Å²) in [5, 5.41) is 2.85. The fraction of sp³-hybridized carbons (Fsp3) is 0.500. The molecule has 0 heterocycles. The molecule has 1 atom stereocenters. The highest BCUT2D eigenvalue weighted by molar-refractivity contribution is 5.72. The second kappa shape index (κ2) is 5.27. The minimum Gasteiger partial charge on any atom is -0.444 e. The fourth-order valence-corrected chi connectivity index (χ4v) is 2.25. The van der Waals surface area contributed by atoms with Gasteiger partial charge in [0.2, 0.25) is 0 Å². The van der Waals surface area contributed by atoms with Crippen molar-refractivity contribution in [3.63, 3.8) is 0 Å². The number of carbonyl (C=O) groups is 2. The Balaban J connectivity index is 2.17. The fourth-order valence-electron chi connectivity index (χ4n) is 2.25. The van der Waals surface area contributed by atoms with E-state index in [0.29, 0.717) is 0 Å². The molecule has 1 aliphatic rings. The van der Waals surface area contributed by atoms with E-state index in [1.54, 1.807) is 0 Å². The van der Waals surface area contributed by atoms with Crippen LogP contribution < -0.4 is 5.32 Å². The van der Waals surface area contributed by atoms with Gasteiger partial charge in [-0.25, -0.2) is 4.79 Å². The Bertz CT molecular complexity index is 486. The monoisotopic (exact) mass is 275 g/mol. The van der Waals surface area contributed by atoms with Gasteiger partial charge in [-0.2, -0.15) is 0 Å². The number of amides is 1. The van der Waals surface area contributed by atoms with E-state index in [4.69, 9.17) is 4.74 Å². The van der Waals surface area contributed by atoms with Crippen molar-refractivity contribution in [2.24, 2.45) is 5.41 Å².